The molecule has 7 heteroatoms. The zero-order valence-electron chi connectivity index (χ0n) is 16.1. The summed E-state index contributed by atoms with van der Waals surface area (Å²) in [6, 6.07) is 6.80. The normalized spacial score (nSPS) is 23.1. The number of hydrogen-bond acceptors (Lipinski definition) is 5. The molecule has 0 saturated heterocycles. The number of hydrogen-bond donors (Lipinski definition) is 3. The van der Waals surface area contributed by atoms with Gasteiger partial charge in [-0.1, -0.05) is 35.9 Å². The van der Waals surface area contributed by atoms with Gasteiger partial charge in [0.15, 0.2) is 0 Å². The molecule has 1 aliphatic carbocycles. The first-order valence-electron chi connectivity index (χ1n) is 9.69. The molecule has 0 amide bonds. The van der Waals surface area contributed by atoms with Crippen molar-refractivity contribution in [3.8, 4) is 5.75 Å². The van der Waals surface area contributed by atoms with Gasteiger partial charge in [-0.05, 0) is 43.5 Å². The van der Waals surface area contributed by atoms with Gasteiger partial charge < -0.3 is 20.1 Å². The van der Waals surface area contributed by atoms with Crippen molar-refractivity contribution >= 4 is 23.4 Å². The molecule has 1 aromatic carbocycles. The van der Waals surface area contributed by atoms with Crippen LogP contribution in [0.5, 0.6) is 5.75 Å². The number of aliphatic hydroxyl groups is 2. The van der Waals surface area contributed by atoms with E-state index in [9.17, 15) is 19.8 Å². The van der Waals surface area contributed by atoms with Crippen LogP contribution in [0.2, 0.25) is 5.02 Å². The highest BCUT2D eigenvalue weighted by Crippen LogP contribution is 2.33. The third-order valence-electron chi connectivity index (χ3n) is 4.84. The molecule has 1 aromatic rings. The summed E-state index contributed by atoms with van der Waals surface area (Å²) in [7, 11) is 0. The van der Waals surface area contributed by atoms with Crippen LogP contribution in [0, 0.1) is 11.8 Å². The Labute approximate surface area is 175 Å². The van der Waals surface area contributed by atoms with E-state index in [1.54, 1.807) is 36.4 Å². The second-order valence-corrected chi connectivity index (χ2v) is 7.57. The molecule has 0 aliphatic heterocycles. The number of carboxylic acid groups (broad SMARTS) is 1. The molecule has 6 nitrogen and oxygen atoms in total. The summed E-state index contributed by atoms with van der Waals surface area (Å²) >= 11 is 5.81. The fourth-order valence-corrected chi connectivity index (χ4v) is 3.41. The molecule has 158 valence electrons. The van der Waals surface area contributed by atoms with Crippen LogP contribution >= 0.6 is 11.6 Å². The number of ketones is 1. The molecular weight excluding hydrogens is 396 g/mol. The molecule has 0 unspecified atom stereocenters. The Morgan fingerprint density at radius 2 is 2.00 bits per heavy atom. The largest absolute Gasteiger partial charge is 0.491 e. The van der Waals surface area contributed by atoms with Crippen molar-refractivity contribution < 1.29 is 29.6 Å². The molecule has 0 aromatic heterocycles. The monoisotopic (exact) mass is 422 g/mol. The van der Waals surface area contributed by atoms with E-state index in [0.717, 1.165) is 0 Å². The van der Waals surface area contributed by atoms with E-state index in [4.69, 9.17) is 21.4 Å². The molecule has 2 rings (SSSR count). The van der Waals surface area contributed by atoms with Crippen LogP contribution in [0.15, 0.2) is 48.6 Å². The minimum atomic E-state index is -0.874. The van der Waals surface area contributed by atoms with E-state index in [-0.39, 0.29) is 37.1 Å². The van der Waals surface area contributed by atoms with E-state index in [1.807, 2.05) is 12.2 Å². The predicted molar refractivity (Wildman–Crippen MR) is 110 cm³/mol. The third kappa shape index (κ3) is 8.01. The number of carbonyl (C=O) groups excluding carboxylic acids is 1. The van der Waals surface area contributed by atoms with Crippen LogP contribution in [0.1, 0.15) is 32.1 Å². The van der Waals surface area contributed by atoms with E-state index in [2.05, 4.69) is 0 Å². The Morgan fingerprint density at radius 3 is 2.69 bits per heavy atom. The quantitative estimate of drug-likeness (QED) is 0.373. The number of halogens is 1. The lowest BCUT2D eigenvalue weighted by Crippen LogP contribution is -2.20. The Morgan fingerprint density at radius 1 is 1.28 bits per heavy atom. The van der Waals surface area contributed by atoms with Gasteiger partial charge in [-0.25, -0.2) is 0 Å². The third-order valence-corrected chi connectivity index (χ3v) is 5.09. The zero-order valence-corrected chi connectivity index (χ0v) is 16.9. The van der Waals surface area contributed by atoms with Gasteiger partial charge in [0.1, 0.15) is 24.2 Å². The Hall–Kier alpha value is -2.15. The van der Waals surface area contributed by atoms with Gasteiger partial charge in [0.2, 0.25) is 0 Å². The number of aliphatic hydroxyl groups excluding tert-OH is 2. The molecular formula is C22H27ClO6. The van der Waals surface area contributed by atoms with Crippen molar-refractivity contribution in [2.75, 3.05) is 6.61 Å². The van der Waals surface area contributed by atoms with Gasteiger partial charge in [0.05, 0.1) is 6.10 Å². The number of Topliss-reactive ketones (excluding diaryl/α,β-unsaturated/α-hetero) is 1. The average molecular weight is 423 g/mol. The first-order chi connectivity index (χ1) is 13.9. The standard InChI is InChI=1S/C22H27ClO6/c23-15-7-10-17(11-8-15)29-14-16(24)9-12-19-18(20(25)13-21(19)26)5-3-1-2-4-6-22(27)28/h1,3,7-12,16,18-19,21,24,26H,2,4-6,13-14H2,(H,27,28)/b3-1-,12-9+/t16-,18-,19-,21-/m1/s1. The molecule has 1 saturated carbocycles. The van der Waals surface area contributed by atoms with E-state index in [0.29, 0.717) is 30.0 Å². The number of benzene rings is 1. The van der Waals surface area contributed by atoms with Crippen LogP contribution in [-0.2, 0) is 9.59 Å². The number of unbranched alkanes of at least 4 members (excludes halogenated alkanes) is 1. The molecule has 0 spiro atoms. The topological polar surface area (TPSA) is 104 Å². The van der Waals surface area contributed by atoms with Gasteiger partial charge in [-0.3, -0.25) is 9.59 Å². The number of rotatable bonds is 11. The van der Waals surface area contributed by atoms with Crippen molar-refractivity contribution in [3.63, 3.8) is 0 Å². The van der Waals surface area contributed by atoms with Crippen LogP contribution in [0.3, 0.4) is 0 Å². The summed E-state index contributed by atoms with van der Waals surface area (Å²) in [5, 5.41) is 29.5. The number of ether oxygens (including phenoxy) is 1. The van der Waals surface area contributed by atoms with Crippen molar-refractivity contribution in [2.24, 2.45) is 11.8 Å². The lowest BCUT2D eigenvalue weighted by Gasteiger charge is -2.17. The minimum Gasteiger partial charge on any atom is -0.491 e. The van der Waals surface area contributed by atoms with Crippen LogP contribution < -0.4 is 4.74 Å². The van der Waals surface area contributed by atoms with Gasteiger partial charge >= 0.3 is 5.97 Å². The highest BCUT2D eigenvalue weighted by molar-refractivity contribution is 6.30. The summed E-state index contributed by atoms with van der Waals surface area (Å²) < 4.78 is 5.49. The number of allylic oxidation sites excluding steroid dienone is 2. The fourth-order valence-electron chi connectivity index (χ4n) is 3.28. The van der Waals surface area contributed by atoms with E-state index < -0.39 is 18.2 Å². The molecule has 0 radical (unpaired) electrons. The Balaban J connectivity index is 1.83. The summed E-state index contributed by atoms with van der Waals surface area (Å²) in [6.45, 7) is 0.0447. The van der Waals surface area contributed by atoms with Crippen molar-refractivity contribution in [1.82, 2.24) is 0 Å². The first kappa shape index (κ1) is 23.1. The maximum atomic E-state index is 12.2. The van der Waals surface area contributed by atoms with Gasteiger partial charge in [0.25, 0.3) is 0 Å². The summed E-state index contributed by atoms with van der Waals surface area (Å²) in [6.07, 6.45) is 7.22. The fraction of sp³-hybridized carbons (Fsp3) is 0.455. The van der Waals surface area contributed by atoms with Gasteiger partial charge in [-0.2, -0.15) is 0 Å². The van der Waals surface area contributed by atoms with E-state index >= 15 is 0 Å². The summed E-state index contributed by atoms with van der Waals surface area (Å²) in [5.41, 5.74) is 0. The number of carbonyl (C=O) groups is 2. The second-order valence-electron chi connectivity index (χ2n) is 7.13. The molecule has 1 aliphatic rings. The lowest BCUT2D eigenvalue weighted by molar-refractivity contribution is -0.137. The molecule has 3 N–H and O–H groups in total. The second kappa shape index (κ2) is 11.8. The number of carboxylic acids is 1. The van der Waals surface area contributed by atoms with Crippen molar-refractivity contribution in [1.29, 1.82) is 0 Å². The Kier molecular flexibility index (Phi) is 9.38. The Bertz CT molecular complexity index is 727. The average Bonchev–Trinajstić information content (AvgIpc) is 2.94. The van der Waals surface area contributed by atoms with Crippen molar-refractivity contribution in [3.05, 3.63) is 53.6 Å². The summed E-state index contributed by atoms with van der Waals surface area (Å²) in [5.74, 6) is -0.952. The number of aliphatic carboxylic acids is 1. The minimum absolute atomic E-state index is 0.00533. The van der Waals surface area contributed by atoms with Crippen LogP contribution in [0.4, 0.5) is 0 Å². The summed E-state index contributed by atoms with van der Waals surface area (Å²) in [4.78, 5) is 22.7. The SMILES string of the molecule is O=C(O)CCC/C=C\C[C@H]1C(=O)C[C@@H](O)[C@@H]1/C=C/[C@@H](O)COc1ccc(Cl)cc1. The highest BCUT2D eigenvalue weighted by Gasteiger charge is 2.39. The van der Waals surface area contributed by atoms with Crippen LogP contribution in [-0.4, -0.2) is 45.9 Å². The maximum absolute atomic E-state index is 12.2. The predicted octanol–water partition coefficient (Wildman–Crippen LogP) is 3.40. The lowest BCUT2D eigenvalue weighted by atomic mass is 9.90. The van der Waals surface area contributed by atoms with Gasteiger partial charge in [0, 0.05) is 29.7 Å². The highest BCUT2D eigenvalue weighted by atomic mass is 35.5. The van der Waals surface area contributed by atoms with E-state index in [1.165, 1.54) is 0 Å². The first-order valence-corrected chi connectivity index (χ1v) is 10.1. The molecule has 0 heterocycles. The molecule has 4 atom stereocenters. The van der Waals surface area contributed by atoms with Gasteiger partial charge in [-0.15, -0.1) is 0 Å². The zero-order chi connectivity index (χ0) is 21.2. The smallest absolute Gasteiger partial charge is 0.303 e. The van der Waals surface area contributed by atoms with Crippen LogP contribution in [0.25, 0.3) is 0 Å². The molecule has 1 fully saturated rings. The molecule has 0 bridgehead atoms. The maximum Gasteiger partial charge on any atom is 0.303 e. The molecule has 29 heavy (non-hydrogen) atoms. The van der Waals surface area contributed by atoms with Crippen molar-refractivity contribution in [2.45, 2.75) is 44.3 Å².